The van der Waals surface area contributed by atoms with Gasteiger partial charge in [-0.3, -0.25) is 9.59 Å². The zero-order valence-corrected chi connectivity index (χ0v) is 40.6. The van der Waals surface area contributed by atoms with Crippen LogP contribution in [0.5, 0.6) is 0 Å². The zero-order chi connectivity index (χ0) is 52.7. The fraction of sp³-hybridized carbons (Fsp3) is 0.600. The summed E-state index contributed by atoms with van der Waals surface area (Å²) >= 11 is 0. The number of benzene rings is 2. The fourth-order valence-corrected chi connectivity index (χ4v) is 12.0. The number of hydrogen-bond donors (Lipinski definition) is 8. The molecule has 5 fully saturated rings. The Hall–Kier alpha value is -5.40. The minimum Gasteiger partial charge on any atom is -0.455 e. The summed E-state index contributed by atoms with van der Waals surface area (Å²) in [6, 6.07) is 14.0. The Labute approximate surface area is 413 Å². The van der Waals surface area contributed by atoms with E-state index in [1.165, 1.54) is 45.0 Å². The summed E-state index contributed by atoms with van der Waals surface area (Å²) in [6.45, 7) is 7.66. The number of ketones is 1. The maximum Gasteiger partial charge on any atom is 0.408 e. The Balaban J connectivity index is 1.24. The number of carbonyl (C=O) groups is 6. The minimum absolute atomic E-state index is 0.00279. The highest BCUT2D eigenvalue weighted by Gasteiger charge is 2.90. The predicted octanol–water partition coefficient (Wildman–Crippen LogP) is -0.00910. The van der Waals surface area contributed by atoms with Gasteiger partial charge in [0.05, 0.1) is 47.7 Å². The Morgan fingerprint density at radius 2 is 1.54 bits per heavy atom. The molecule has 0 radical (unpaired) electrons. The molecule has 22 nitrogen and oxygen atoms in total. The van der Waals surface area contributed by atoms with E-state index in [1.807, 2.05) is 0 Å². The van der Waals surface area contributed by atoms with Gasteiger partial charge in [-0.15, -0.1) is 0 Å². The minimum atomic E-state index is -2.49. The van der Waals surface area contributed by atoms with Gasteiger partial charge in [-0.05, 0) is 70.4 Å². The molecule has 1 amide bonds. The summed E-state index contributed by atoms with van der Waals surface area (Å²) in [4.78, 5) is 85.1. The molecule has 6 aliphatic rings. The quantitative estimate of drug-likeness (QED) is 0.0743. The van der Waals surface area contributed by atoms with Crippen molar-refractivity contribution >= 4 is 35.8 Å². The van der Waals surface area contributed by atoms with Crippen molar-refractivity contribution in [1.29, 1.82) is 0 Å². The van der Waals surface area contributed by atoms with E-state index >= 15 is 4.79 Å². The van der Waals surface area contributed by atoms with E-state index in [9.17, 15) is 59.7 Å². The summed E-state index contributed by atoms with van der Waals surface area (Å²) in [7, 11) is 0. The molecule has 2 saturated heterocycles. The van der Waals surface area contributed by atoms with Crippen molar-refractivity contribution in [1.82, 2.24) is 5.32 Å². The number of alkyl carbamates (subject to hydrolysis) is 1. The maximum absolute atomic E-state index is 15.8. The number of Topliss-reactive ketones (excluding diaryl/α,β-unsaturated/α-hetero) is 1. The van der Waals surface area contributed by atoms with Gasteiger partial charge in [0, 0.05) is 19.8 Å². The van der Waals surface area contributed by atoms with Crippen LogP contribution in [0, 0.1) is 16.7 Å². The van der Waals surface area contributed by atoms with Crippen molar-refractivity contribution in [3.05, 3.63) is 82.9 Å². The van der Waals surface area contributed by atoms with Gasteiger partial charge in [0.25, 0.3) is 0 Å². The normalized spacial score (nSPS) is 38.4. The molecule has 2 aliphatic heterocycles. The number of aliphatic hydroxyl groups excluding tert-OH is 6. The van der Waals surface area contributed by atoms with Crippen molar-refractivity contribution in [3.8, 4) is 0 Å². The molecule has 2 aromatic rings. The topological polar surface area (TPSA) is 330 Å². The van der Waals surface area contributed by atoms with Crippen LogP contribution in [0.1, 0.15) is 83.3 Å². The van der Waals surface area contributed by atoms with Crippen LogP contribution in [-0.2, 0) is 57.1 Å². The van der Waals surface area contributed by atoms with Crippen LogP contribution in [-0.4, -0.2) is 175 Å². The van der Waals surface area contributed by atoms with E-state index in [0.717, 1.165) is 6.92 Å². The number of ether oxygens (including phenoxy) is 8. The van der Waals surface area contributed by atoms with Gasteiger partial charge >= 0.3 is 30.0 Å². The molecule has 0 spiro atoms. The maximum atomic E-state index is 15.8. The van der Waals surface area contributed by atoms with E-state index in [1.54, 1.807) is 57.2 Å². The van der Waals surface area contributed by atoms with E-state index in [4.69, 9.17) is 37.9 Å². The lowest BCUT2D eigenvalue weighted by atomic mass is 9.30. The molecule has 0 aromatic heterocycles. The Bertz CT molecular complexity index is 2500. The fourth-order valence-electron chi connectivity index (χ4n) is 12.0. The van der Waals surface area contributed by atoms with Gasteiger partial charge in [0.2, 0.25) is 0 Å². The lowest BCUT2D eigenvalue weighted by Crippen LogP contribution is -2.90. The van der Waals surface area contributed by atoms with Crippen molar-refractivity contribution in [3.63, 3.8) is 0 Å². The molecule has 4 aliphatic carbocycles. The molecule has 8 N–H and O–H groups in total. The largest absolute Gasteiger partial charge is 0.455 e. The molecule has 0 bridgehead atoms. The van der Waals surface area contributed by atoms with Crippen molar-refractivity contribution in [2.45, 2.75) is 151 Å². The van der Waals surface area contributed by atoms with E-state index < -0.39 is 168 Å². The Morgan fingerprint density at radius 3 is 2.12 bits per heavy atom. The second-order valence-corrected chi connectivity index (χ2v) is 20.8. The molecule has 392 valence electrons. The van der Waals surface area contributed by atoms with Gasteiger partial charge in [-0.25, -0.2) is 19.2 Å². The van der Waals surface area contributed by atoms with Crippen LogP contribution in [0.25, 0.3) is 0 Å². The second-order valence-electron chi connectivity index (χ2n) is 20.8. The molecular weight excluding hydrogens is 951 g/mol. The third-order valence-electron chi connectivity index (χ3n) is 15.6. The molecule has 72 heavy (non-hydrogen) atoms. The first-order valence-electron chi connectivity index (χ1n) is 23.5. The smallest absolute Gasteiger partial charge is 0.408 e. The molecule has 5 unspecified atom stereocenters. The van der Waals surface area contributed by atoms with Crippen LogP contribution < -0.4 is 5.32 Å². The SMILES string of the molecule is CC(=O)O[C@@]12CO[C@@H]1C[C@H](O)[C@@]1(C)C(=O)[C@H](OC(=O)COC3O[C@H](CO)C(O)[C@@H](O)C3O)C3=C(C)[C@]4(OC(=O)[C@H](O)[C@@H](NC(=O)OC(C)(C)C)c5ccccc5)C[C@@](O)([C@@H](OC(=O)c5ccccc5)C12)C34C. The molecular formula is C50H61NO21. The third-order valence-corrected chi connectivity index (χ3v) is 15.6. The number of nitrogens with one attached hydrogen (secondary N) is 1. The van der Waals surface area contributed by atoms with E-state index in [0.29, 0.717) is 0 Å². The van der Waals surface area contributed by atoms with E-state index in [-0.39, 0.29) is 28.7 Å². The van der Waals surface area contributed by atoms with Crippen LogP contribution in [0.4, 0.5) is 4.79 Å². The standard InChI is InChI=1S/C50H61NO21/c1-23-31-37(68-30(55)20-65-43-36(59)35(58)33(56)27(19-52)67-43)39(60)46(6)28(54)18-29-48(22-66-29,70-24(2)53)38(46)40(69-41(61)26-16-12-9-13-17-26)49(64)21-50(23,47(31,49)7)71-42(62)34(57)32(25-14-10-8-11-15-25)51-44(63)72-45(3,4)5/h8-17,27-29,32-38,40,43,52,54,56-59,64H,18-22H2,1-7H3,(H,51,63)/t27-,28+,29-,32+,33?,34-,35-,36?,37-,38?,40+,43?,46-,47?,48+,49-,50-/m1/s1. The number of esters is 4. The summed E-state index contributed by atoms with van der Waals surface area (Å²) in [5.41, 5.74) is -11.6. The molecule has 22 heteroatoms. The summed E-state index contributed by atoms with van der Waals surface area (Å²) < 4.78 is 46.8. The second kappa shape index (κ2) is 18.8. The highest BCUT2D eigenvalue weighted by Crippen LogP contribution is 2.78. The number of fused-ring (bicyclic) bond motifs is 3. The van der Waals surface area contributed by atoms with Gasteiger partial charge in [0.15, 0.2) is 29.9 Å². The van der Waals surface area contributed by atoms with Gasteiger partial charge < -0.3 is 79.0 Å². The first kappa shape index (κ1) is 52.9. The van der Waals surface area contributed by atoms with Gasteiger partial charge in [-0.1, -0.05) is 48.5 Å². The highest BCUT2D eigenvalue weighted by atomic mass is 16.7. The number of hydrogen-bond acceptors (Lipinski definition) is 21. The molecule has 2 aromatic carbocycles. The first-order chi connectivity index (χ1) is 33.7. The summed E-state index contributed by atoms with van der Waals surface area (Å²) in [5.74, 6) is -7.28. The third kappa shape index (κ3) is 8.19. The highest BCUT2D eigenvalue weighted by molar-refractivity contribution is 5.97. The molecule has 2 heterocycles. The average molecular weight is 1010 g/mol. The van der Waals surface area contributed by atoms with E-state index in [2.05, 4.69) is 5.32 Å². The van der Waals surface area contributed by atoms with Crippen LogP contribution in [0.3, 0.4) is 0 Å². The van der Waals surface area contributed by atoms with Crippen LogP contribution in [0.15, 0.2) is 71.8 Å². The monoisotopic (exact) mass is 1010 g/mol. The molecule has 8 rings (SSSR count). The first-order valence-corrected chi connectivity index (χ1v) is 23.5. The number of rotatable bonds is 13. The average Bonchev–Trinajstić information content (AvgIpc) is 3.33. The van der Waals surface area contributed by atoms with Gasteiger partial charge in [-0.2, -0.15) is 0 Å². The summed E-state index contributed by atoms with van der Waals surface area (Å²) in [5, 5.41) is 81.3. The van der Waals surface area contributed by atoms with Crippen LogP contribution >= 0.6 is 0 Å². The van der Waals surface area contributed by atoms with Gasteiger partial charge in [0.1, 0.15) is 60.0 Å². The molecule has 3 saturated carbocycles. The molecule has 17 atom stereocenters. The van der Waals surface area contributed by atoms with Crippen molar-refractivity contribution < 1.29 is 102 Å². The Morgan fingerprint density at radius 1 is 0.903 bits per heavy atom. The number of amides is 1. The van der Waals surface area contributed by atoms with Crippen LogP contribution in [0.2, 0.25) is 0 Å². The zero-order valence-electron chi connectivity index (χ0n) is 40.6. The lowest BCUT2D eigenvalue weighted by molar-refractivity contribution is -0.376. The predicted molar refractivity (Wildman–Crippen MR) is 240 cm³/mol. The van der Waals surface area contributed by atoms with Crippen molar-refractivity contribution in [2.75, 3.05) is 19.8 Å². The van der Waals surface area contributed by atoms with Crippen molar-refractivity contribution in [2.24, 2.45) is 16.7 Å². The Kier molecular flexibility index (Phi) is 13.8. The summed E-state index contributed by atoms with van der Waals surface area (Å²) in [6.07, 6.45) is -19.8. The number of aliphatic hydroxyl groups is 7. The number of carbonyl (C=O) groups excluding carboxylic acids is 6. The lowest BCUT2D eigenvalue weighted by Gasteiger charge is -2.78.